The van der Waals surface area contributed by atoms with Crippen LogP contribution in [0.1, 0.15) is 15.9 Å². The van der Waals surface area contributed by atoms with Gasteiger partial charge in [-0.05, 0) is 31.8 Å². The molecular formula is C25H25Cl2N5O4. The summed E-state index contributed by atoms with van der Waals surface area (Å²) in [5.74, 6) is 0.222. The highest BCUT2D eigenvalue weighted by Crippen LogP contribution is 2.47. The van der Waals surface area contributed by atoms with Crippen molar-refractivity contribution in [3.63, 3.8) is 0 Å². The van der Waals surface area contributed by atoms with Crippen LogP contribution in [0.2, 0.25) is 10.0 Å². The first kappa shape index (κ1) is 26.9. The third-order valence-corrected chi connectivity index (χ3v) is 5.80. The van der Waals surface area contributed by atoms with Gasteiger partial charge in [0.2, 0.25) is 0 Å². The van der Waals surface area contributed by atoms with Gasteiger partial charge in [-0.15, -0.1) is 0 Å². The molecule has 36 heavy (non-hydrogen) atoms. The fraction of sp³-hybridized carbons (Fsp3) is 0.200. The Kier molecular flexibility index (Phi) is 8.87. The molecule has 2 heterocycles. The lowest BCUT2D eigenvalue weighted by Gasteiger charge is -2.16. The van der Waals surface area contributed by atoms with Crippen molar-refractivity contribution in [2.45, 2.75) is 6.54 Å². The van der Waals surface area contributed by atoms with Crippen molar-refractivity contribution in [2.24, 2.45) is 0 Å². The van der Waals surface area contributed by atoms with Crippen molar-refractivity contribution in [3.8, 4) is 22.6 Å². The van der Waals surface area contributed by atoms with Gasteiger partial charge >= 0.3 is 5.97 Å². The summed E-state index contributed by atoms with van der Waals surface area (Å²) < 4.78 is 10.6. The molecule has 0 aliphatic heterocycles. The molecule has 0 unspecified atom stereocenters. The van der Waals surface area contributed by atoms with Crippen LogP contribution < -0.4 is 15.2 Å². The Morgan fingerprint density at radius 3 is 2.08 bits per heavy atom. The number of hydrogen-bond donors (Lipinski definition) is 2. The molecule has 0 amide bonds. The van der Waals surface area contributed by atoms with Crippen LogP contribution in [0.4, 0.5) is 5.82 Å². The second-order valence-electron chi connectivity index (χ2n) is 7.83. The number of rotatable bonds is 6. The van der Waals surface area contributed by atoms with Crippen LogP contribution >= 0.6 is 23.2 Å². The predicted molar refractivity (Wildman–Crippen MR) is 141 cm³/mol. The Morgan fingerprint density at radius 1 is 0.972 bits per heavy atom. The Morgan fingerprint density at radius 2 is 1.58 bits per heavy atom. The number of carboxylic acids is 1. The molecule has 4 rings (SSSR count). The molecule has 0 aliphatic rings. The van der Waals surface area contributed by atoms with Gasteiger partial charge < -0.3 is 25.2 Å². The Bertz CT molecular complexity index is 1350. The second-order valence-corrected chi connectivity index (χ2v) is 8.59. The number of carbonyl (C=O) groups is 1. The molecule has 0 spiro atoms. The van der Waals surface area contributed by atoms with Gasteiger partial charge in [-0.25, -0.2) is 9.78 Å². The van der Waals surface area contributed by atoms with Crippen molar-refractivity contribution in [2.75, 3.05) is 34.0 Å². The maximum atomic E-state index is 11.4. The minimum atomic E-state index is -1.10. The summed E-state index contributed by atoms with van der Waals surface area (Å²) in [5, 5.41) is 9.89. The average molecular weight is 530 g/mol. The standard InChI is InChI=1S/C17H12Cl2N2O4.C8H13N3/c1-24-10-7-11(25-2)14(19)12(13(10)18)8-3-4-9(17(22)23)16-15(8)20-5-6-21-16;1-11(2)6-7-3-4-8(9)10-5-7/h3-7H,1-2H3,(H,22,23);3-5H,6H2,1-2H3,(H2,9,10). The topological polar surface area (TPSA) is 124 Å². The number of pyridine rings is 1. The van der Waals surface area contributed by atoms with E-state index in [-0.39, 0.29) is 21.1 Å². The molecule has 0 atom stereocenters. The van der Waals surface area contributed by atoms with E-state index in [0.29, 0.717) is 34.0 Å². The van der Waals surface area contributed by atoms with Crippen LogP contribution in [-0.4, -0.2) is 59.2 Å². The lowest BCUT2D eigenvalue weighted by Crippen LogP contribution is -2.10. The summed E-state index contributed by atoms with van der Waals surface area (Å²) in [4.78, 5) is 25.9. The average Bonchev–Trinajstić information content (AvgIpc) is 2.85. The fourth-order valence-corrected chi connectivity index (χ4v) is 4.15. The summed E-state index contributed by atoms with van der Waals surface area (Å²) in [5.41, 5.74) is 8.21. The first-order chi connectivity index (χ1) is 17.2. The SMILES string of the molecule is CN(C)Cc1ccc(N)nc1.COc1cc(OC)c(Cl)c(-c2ccc(C(=O)O)c3nccnc23)c1Cl. The van der Waals surface area contributed by atoms with Crippen molar-refractivity contribution in [1.82, 2.24) is 19.9 Å². The smallest absolute Gasteiger partial charge is 0.337 e. The zero-order valence-electron chi connectivity index (χ0n) is 20.1. The number of halogens is 2. The number of nitrogens with zero attached hydrogens (tertiary/aromatic N) is 4. The van der Waals surface area contributed by atoms with Gasteiger partial charge in [-0.1, -0.05) is 35.3 Å². The predicted octanol–water partition coefficient (Wildman–Crippen LogP) is 5.04. The van der Waals surface area contributed by atoms with E-state index in [1.54, 1.807) is 18.3 Å². The van der Waals surface area contributed by atoms with E-state index in [2.05, 4.69) is 19.9 Å². The first-order valence-corrected chi connectivity index (χ1v) is 11.4. The molecule has 0 bridgehead atoms. The van der Waals surface area contributed by atoms with E-state index < -0.39 is 5.97 Å². The van der Waals surface area contributed by atoms with Crippen LogP contribution in [0.5, 0.6) is 11.5 Å². The molecule has 11 heteroatoms. The number of nitrogen functional groups attached to an aromatic ring is 1. The van der Waals surface area contributed by atoms with Crippen LogP contribution in [0.3, 0.4) is 0 Å². The van der Waals surface area contributed by atoms with Gasteiger partial charge in [-0.3, -0.25) is 9.97 Å². The summed E-state index contributed by atoms with van der Waals surface area (Å²) in [6.07, 6.45) is 4.69. The number of benzene rings is 2. The molecule has 4 aromatic rings. The van der Waals surface area contributed by atoms with Crippen molar-refractivity contribution < 1.29 is 19.4 Å². The largest absolute Gasteiger partial charge is 0.495 e. The molecule has 0 saturated heterocycles. The highest BCUT2D eigenvalue weighted by molar-refractivity contribution is 6.41. The highest BCUT2D eigenvalue weighted by Gasteiger charge is 2.22. The first-order valence-electron chi connectivity index (χ1n) is 10.6. The Balaban J connectivity index is 0.000000275. The maximum absolute atomic E-state index is 11.4. The molecule has 2 aromatic heterocycles. The quantitative estimate of drug-likeness (QED) is 0.353. The van der Waals surface area contributed by atoms with E-state index in [1.807, 2.05) is 26.2 Å². The number of carboxylic acid groups (broad SMARTS) is 1. The summed E-state index contributed by atoms with van der Waals surface area (Å²) in [6.45, 7) is 0.910. The molecule has 0 aliphatic carbocycles. The second kappa shape index (κ2) is 11.9. The zero-order valence-corrected chi connectivity index (χ0v) is 21.6. The van der Waals surface area contributed by atoms with E-state index in [4.69, 9.17) is 38.4 Å². The minimum Gasteiger partial charge on any atom is -0.495 e. The number of aromatic carboxylic acids is 1. The van der Waals surface area contributed by atoms with Crippen LogP contribution in [0.15, 0.2) is 48.9 Å². The van der Waals surface area contributed by atoms with Gasteiger partial charge in [0.15, 0.2) is 0 Å². The van der Waals surface area contributed by atoms with Gasteiger partial charge in [0, 0.05) is 42.3 Å². The summed E-state index contributed by atoms with van der Waals surface area (Å²) in [7, 11) is 7.00. The molecule has 0 fully saturated rings. The fourth-order valence-electron chi connectivity index (χ4n) is 3.45. The number of methoxy groups -OCH3 is 2. The van der Waals surface area contributed by atoms with Crippen LogP contribution in [0, 0.1) is 0 Å². The molecular weight excluding hydrogens is 505 g/mol. The third-order valence-electron chi connectivity index (χ3n) is 5.04. The number of hydrogen-bond acceptors (Lipinski definition) is 8. The molecule has 0 saturated carbocycles. The lowest BCUT2D eigenvalue weighted by atomic mass is 10.00. The lowest BCUT2D eigenvalue weighted by molar-refractivity contribution is 0.0699. The van der Waals surface area contributed by atoms with E-state index >= 15 is 0 Å². The van der Waals surface area contributed by atoms with Crippen molar-refractivity contribution >= 4 is 46.0 Å². The number of anilines is 1. The number of fused-ring (bicyclic) bond motifs is 1. The third kappa shape index (κ3) is 5.93. The number of ether oxygens (including phenoxy) is 2. The highest BCUT2D eigenvalue weighted by atomic mass is 35.5. The molecule has 3 N–H and O–H groups in total. The molecule has 2 aromatic carbocycles. The van der Waals surface area contributed by atoms with E-state index in [1.165, 1.54) is 38.2 Å². The van der Waals surface area contributed by atoms with Gasteiger partial charge in [-0.2, -0.15) is 0 Å². The summed E-state index contributed by atoms with van der Waals surface area (Å²) >= 11 is 12.9. The Hall–Kier alpha value is -3.66. The van der Waals surface area contributed by atoms with Gasteiger partial charge in [0.05, 0.1) is 35.3 Å². The van der Waals surface area contributed by atoms with E-state index in [9.17, 15) is 9.90 Å². The normalized spacial score (nSPS) is 10.6. The van der Waals surface area contributed by atoms with Crippen LogP contribution in [-0.2, 0) is 6.54 Å². The molecule has 9 nitrogen and oxygen atoms in total. The minimum absolute atomic E-state index is 0.0361. The van der Waals surface area contributed by atoms with Gasteiger partial charge in [0.25, 0.3) is 0 Å². The maximum Gasteiger partial charge on any atom is 0.337 e. The van der Waals surface area contributed by atoms with Gasteiger partial charge in [0.1, 0.15) is 22.8 Å². The molecule has 188 valence electrons. The van der Waals surface area contributed by atoms with Crippen molar-refractivity contribution in [1.29, 1.82) is 0 Å². The summed E-state index contributed by atoms with van der Waals surface area (Å²) in [6, 6.07) is 8.41. The zero-order chi connectivity index (χ0) is 26.4. The Labute approximate surface area is 218 Å². The van der Waals surface area contributed by atoms with Crippen molar-refractivity contribution in [3.05, 3.63) is 70.1 Å². The molecule has 0 radical (unpaired) electrons. The number of nitrogens with two attached hydrogens (primary N) is 1. The number of aromatic nitrogens is 3. The monoisotopic (exact) mass is 529 g/mol. The van der Waals surface area contributed by atoms with E-state index in [0.717, 1.165) is 6.54 Å². The van der Waals surface area contributed by atoms with Crippen LogP contribution in [0.25, 0.3) is 22.2 Å².